The number of hydrogen-bond acceptors (Lipinski definition) is 4. The van der Waals surface area contributed by atoms with E-state index >= 15 is 0 Å². The van der Waals surface area contributed by atoms with Gasteiger partial charge in [0, 0.05) is 5.69 Å². The Morgan fingerprint density at radius 2 is 1.65 bits per heavy atom. The molecule has 6 heteroatoms. The number of furan rings is 1. The molecule has 2 aromatic carbocycles. The van der Waals surface area contributed by atoms with Gasteiger partial charge in [0.1, 0.15) is 11.5 Å². The van der Waals surface area contributed by atoms with Crippen LogP contribution in [0.1, 0.15) is 28.8 Å². The molecule has 0 aliphatic carbocycles. The van der Waals surface area contributed by atoms with Crippen LogP contribution in [0, 0.1) is 0 Å². The predicted octanol–water partition coefficient (Wildman–Crippen LogP) is 4.07. The number of aryl methyl sites for hydroxylation is 1. The molecule has 1 aromatic heterocycles. The summed E-state index contributed by atoms with van der Waals surface area (Å²) in [4.78, 5) is 12.6. The second-order valence-corrected chi connectivity index (χ2v) is 7.79. The molecule has 0 radical (unpaired) electrons. The summed E-state index contributed by atoms with van der Waals surface area (Å²) in [6, 6.07) is 18.7. The number of benzene rings is 2. The van der Waals surface area contributed by atoms with E-state index < -0.39 is 15.7 Å². The lowest BCUT2D eigenvalue weighted by atomic mass is 10.1. The van der Waals surface area contributed by atoms with Crippen molar-refractivity contribution in [3.8, 4) is 0 Å². The first-order chi connectivity index (χ1) is 12.5. The quantitative estimate of drug-likeness (QED) is 0.711. The molecule has 0 saturated carbocycles. The van der Waals surface area contributed by atoms with Gasteiger partial charge in [-0.3, -0.25) is 4.79 Å². The van der Waals surface area contributed by atoms with E-state index in [-0.39, 0.29) is 22.2 Å². The van der Waals surface area contributed by atoms with E-state index in [1.54, 1.807) is 18.2 Å². The molecule has 26 heavy (non-hydrogen) atoms. The summed E-state index contributed by atoms with van der Waals surface area (Å²) < 4.78 is 30.2. The van der Waals surface area contributed by atoms with Crippen LogP contribution in [0.15, 0.2) is 76.0 Å². The van der Waals surface area contributed by atoms with Crippen LogP contribution in [0.4, 0.5) is 5.69 Å². The van der Waals surface area contributed by atoms with E-state index in [9.17, 15) is 13.2 Å². The van der Waals surface area contributed by atoms with Crippen LogP contribution in [0.25, 0.3) is 0 Å². The van der Waals surface area contributed by atoms with Crippen molar-refractivity contribution in [2.24, 2.45) is 0 Å². The van der Waals surface area contributed by atoms with E-state index in [0.29, 0.717) is 0 Å². The van der Waals surface area contributed by atoms with Crippen molar-refractivity contribution in [3.05, 3.63) is 83.8 Å². The normalized spacial score (nSPS) is 11.3. The topological polar surface area (TPSA) is 76.4 Å². The molecular weight excluding hydrogens is 350 g/mol. The number of para-hydroxylation sites is 1. The highest BCUT2D eigenvalue weighted by Gasteiger charge is 2.19. The average molecular weight is 369 g/mol. The molecule has 0 unspecified atom stereocenters. The molecular formula is C20H19NO4S. The third-order valence-corrected chi connectivity index (χ3v) is 5.62. The monoisotopic (exact) mass is 369 g/mol. The van der Waals surface area contributed by atoms with Crippen molar-refractivity contribution >= 4 is 21.4 Å². The van der Waals surface area contributed by atoms with Gasteiger partial charge in [0.2, 0.25) is 0 Å². The summed E-state index contributed by atoms with van der Waals surface area (Å²) in [5.41, 5.74) is 1.73. The van der Waals surface area contributed by atoms with Gasteiger partial charge in [-0.05, 0) is 42.3 Å². The third kappa shape index (κ3) is 4.03. The summed E-state index contributed by atoms with van der Waals surface area (Å²) in [5.74, 6) is -0.401. The van der Waals surface area contributed by atoms with Crippen LogP contribution in [0.3, 0.4) is 0 Å². The van der Waals surface area contributed by atoms with Crippen LogP contribution in [0.5, 0.6) is 0 Å². The van der Waals surface area contributed by atoms with Crippen LogP contribution < -0.4 is 5.32 Å². The summed E-state index contributed by atoms with van der Waals surface area (Å²) in [7, 11) is -3.52. The first-order valence-corrected chi connectivity index (χ1v) is 9.90. The highest BCUT2D eigenvalue weighted by atomic mass is 32.2. The molecule has 3 rings (SSSR count). The predicted molar refractivity (Wildman–Crippen MR) is 99.8 cm³/mol. The van der Waals surface area contributed by atoms with Gasteiger partial charge in [-0.2, -0.15) is 0 Å². The lowest BCUT2D eigenvalue weighted by molar-refractivity contribution is 0.0995. The van der Waals surface area contributed by atoms with Gasteiger partial charge in [-0.15, -0.1) is 0 Å². The van der Waals surface area contributed by atoms with Crippen molar-refractivity contribution < 1.29 is 17.6 Å². The largest absolute Gasteiger partial charge is 0.455 e. The Bertz CT molecular complexity index is 1010. The number of carbonyl (C=O) groups is 1. The summed E-state index contributed by atoms with van der Waals surface area (Å²) in [6.07, 6.45) is 0.787. The average Bonchev–Trinajstić information content (AvgIpc) is 3.11. The Labute approximate surface area is 152 Å². The Kier molecular flexibility index (Phi) is 5.23. The number of carbonyl (C=O) groups excluding carboxylic acids is 1. The van der Waals surface area contributed by atoms with Crippen molar-refractivity contribution in [2.45, 2.75) is 24.0 Å². The van der Waals surface area contributed by atoms with Crippen molar-refractivity contribution in [2.75, 3.05) is 5.32 Å². The minimum atomic E-state index is -3.52. The number of hydrogen-bond donors (Lipinski definition) is 1. The molecule has 0 bridgehead atoms. The van der Waals surface area contributed by atoms with Gasteiger partial charge >= 0.3 is 0 Å². The Balaban J connectivity index is 1.74. The van der Waals surface area contributed by atoms with Gasteiger partial charge in [0.05, 0.1) is 4.90 Å². The second kappa shape index (κ2) is 7.58. The summed E-state index contributed by atoms with van der Waals surface area (Å²) in [6.45, 7) is 2.00. The molecule has 0 saturated heterocycles. The number of nitrogens with one attached hydrogen (secondary N) is 1. The summed E-state index contributed by atoms with van der Waals surface area (Å²) >= 11 is 0. The lowest BCUT2D eigenvalue weighted by Crippen LogP contribution is -2.12. The fraction of sp³-hybridized carbons (Fsp3) is 0.150. The molecule has 1 heterocycles. The fourth-order valence-corrected chi connectivity index (χ4v) is 3.88. The zero-order chi connectivity index (χ0) is 18.6. The van der Waals surface area contributed by atoms with E-state index in [2.05, 4.69) is 5.32 Å². The molecule has 0 fully saturated rings. The van der Waals surface area contributed by atoms with Gasteiger partial charge in [0.15, 0.2) is 15.6 Å². The molecule has 1 N–H and O–H groups in total. The third-order valence-electron chi connectivity index (χ3n) is 3.97. The zero-order valence-corrected chi connectivity index (χ0v) is 15.1. The molecule has 0 aliphatic heterocycles. The number of amides is 1. The minimum Gasteiger partial charge on any atom is -0.455 e. The first-order valence-electron chi connectivity index (χ1n) is 8.25. The molecule has 0 atom stereocenters. The lowest BCUT2D eigenvalue weighted by Gasteiger charge is -2.08. The number of rotatable bonds is 6. The zero-order valence-electron chi connectivity index (χ0n) is 14.3. The molecule has 3 aromatic rings. The van der Waals surface area contributed by atoms with Crippen LogP contribution >= 0.6 is 0 Å². The Morgan fingerprint density at radius 1 is 0.962 bits per heavy atom. The van der Waals surface area contributed by atoms with Crippen molar-refractivity contribution in [3.63, 3.8) is 0 Å². The number of sulfone groups is 1. The Morgan fingerprint density at radius 3 is 2.38 bits per heavy atom. The van der Waals surface area contributed by atoms with Gasteiger partial charge in [0.25, 0.3) is 5.91 Å². The van der Waals surface area contributed by atoms with Crippen molar-refractivity contribution in [1.29, 1.82) is 0 Å². The molecule has 134 valence electrons. The van der Waals surface area contributed by atoms with Crippen LogP contribution in [-0.2, 0) is 22.0 Å². The van der Waals surface area contributed by atoms with E-state index in [0.717, 1.165) is 17.7 Å². The summed E-state index contributed by atoms with van der Waals surface area (Å²) in [5, 5.41) is 2.80. The van der Waals surface area contributed by atoms with E-state index in [1.807, 2.05) is 31.2 Å². The maximum atomic E-state index is 12.4. The Hall–Kier alpha value is -2.86. The first kappa shape index (κ1) is 17.9. The number of anilines is 1. The maximum absolute atomic E-state index is 12.4. The standard InChI is InChI=1S/C20H19NO4S/c1-2-15-8-6-7-11-18(15)21-20(22)19-13-12-16(25-19)14-26(23,24)17-9-4-3-5-10-17/h3-13H,2,14H2,1H3,(H,21,22). The minimum absolute atomic E-state index is 0.0779. The molecule has 0 aliphatic rings. The SMILES string of the molecule is CCc1ccccc1NC(=O)c1ccc(CS(=O)(=O)c2ccccc2)o1. The highest BCUT2D eigenvalue weighted by Crippen LogP contribution is 2.20. The molecule has 0 spiro atoms. The van der Waals surface area contributed by atoms with Gasteiger partial charge in [-0.25, -0.2) is 8.42 Å². The molecule has 1 amide bonds. The highest BCUT2D eigenvalue weighted by molar-refractivity contribution is 7.90. The van der Waals surface area contributed by atoms with E-state index in [4.69, 9.17) is 4.42 Å². The van der Waals surface area contributed by atoms with Crippen LogP contribution in [-0.4, -0.2) is 14.3 Å². The van der Waals surface area contributed by atoms with Crippen LogP contribution in [0.2, 0.25) is 0 Å². The maximum Gasteiger partial charge on any atom is 0.291 e. The van der Waals surface area contributed by atoms with Gasteiger partial charge < -0.3 is 9.73 Å². The molecule has 5 nitrogen and oxygen atoms in total. The van der Waals surface area contributed by atoms with Gasteiger partial charge in [-0.1, -0.05) is 43.3 Å². The van der Waals surface area contributed by atoms with Crippen molar-refractivity contribution in [1.82, 2.24) is 0 Å². The smallest absolute Gasteiger partial charge is 0.291 e. The van der Waals surface area contributed by atoms with E-state index in [1.165, 1.54) is 24.3 Å². The fourth-order valence-electron chi connectivity index (χ4n) is 2.61. The second-order valence-electron chi connectivity index (χ2n) is 5.80.